The minimum absolute atomic E-state index is 0.238. The molecule has 14 heteroatoms. The molecule has 4 rings (SSSR count). The van der Waals surface area contributed by atoms with E-state index in [1.54, 1.807) is 24.4 Å². The Labute approximate surface area is 222 Å². The molecule has 0 bridgehead atoms. The second-order valence-electron chi connectivity index (χ2n) is 8.99. The normalized spacial score (nSPS) is 15.9. The molecule has 0 saturated carbocycles. The van der Waals surface area contributed by atoms with Crippen LogP contribution in [0.4, 0.5) is 19.1 Å². The average Bonchev–Trinajstić information content (AvgIpc) is 3.24. The van der Waals surface area contributed by atoms with Gasteiger partial charge in [-0.2, -0.15) is 13.2 Å². The fraction of sp³-hybridized carbons (Fsp3) is 0.478. The summed E-state index contributed by atoms with van der Waals surface area (Å²) >= 11 is 7.80. The number of benzene rings is 1. The van der Waals surface area contributed by atoms with Crippen LogP contribution in [-0.4, -0.2) is 86.4 Å². The summed E-state index contributed by atoms with van der Waals surface area (Å²) in [5.74, 6) is -1.43. The highest BCUT2D eigenvalue weighted by molar-refractivity contribution is 7.89. The van der Waals surface area contributed by atoms with E-state index in [-0.39, 0.29) is 6.54 Å². The number of nitrogens with one attached hydrogen (secondary N) is 2. The molecule has 0 radical (unpaired) electrons. The van der Waals surface area contributed by atoms with E-state index in [1.165, 1.54) is 11.3 Å². The smallest absolute Gasteiger partial charge is 0.354 e. The topological polar surface area (TPSA) is 90.5 Å². The molecular weight excluding hydrogens is 549 g/mol. The van der Waals surface area contributed by atoms with Gasteiger partial charge in [0, 0.05) is 44.0 Å². The number of piperazine rings is 1. The van der Waals surface area contributed by atoms with E-state index in [1.807, 2.05) is 10.8 Å². The van der Waals surface area contributed by atoms with Gasteiger partial charge in [-0.1, -0.05) is 23.7 Å². The quantitative estimate of drug-likeness (QED) is 0.352. The lowest BCUT2D eigenvalue weighted by Crippen LogP contribution is -2.44. The fourth-order valence-electron chi connectivity index (χ4n) is 3.96. The lowest BCUT2D eigenvalue weighted by atomic mass is 10.1. The lowest BCUT2D eigenvalue weighted by molar-refractivity contribution is -0.106. The van der Waals surface area contributed by atoms with Gasteiger partial charge in [0.05, 0.1) is 16.1 Å². The monoisotopic (exact) mass is 576 g/mol. The third-order valence-corrected chi connectivity index (χ3v) is 8.61. The molecule has 0 spiro atoms. The molecule has 1 aliphatic rings. The summed E-state index contributed by atoms with van der Waals surface area (Å²) in [6.07, 6.45) is -2.28. The van der Waals surface area contributed by atoms with Gasteiger partial charge in [0.25, 0.3) is 0 Å². The molecule has 1 saturated heterocycles. The molecule has 0 atom stereocenters. The highest BCUT2D eigenvalue weighted by atomic mass is 35.5. The van der Waals surface area contributed by atoms with Crippen molar-refractivity contribution >= 4 is 49.0 Å². The summed E-state index contributed by atoms with van der Waals surface area (Å²) in [7, 11) is -2.34. The zero-order valence-electron chi connectivity index (χ0n) is 20.2. The Bertz CT molecular complexity index is 1330. The first kappa shape index (κ1) is 28.0. The minimum Gasteiger partial charge on any atom is -0.354 e. The predicted octanol–water partition coefficient (Wildman–Crippen LogP) is 4.04. The molecule has 1 aromatic carbocycles. The summed E-state index contributed by atoms with van der Waals surface area (Å²) in [6.45, 7) is 5.82. The van der Waals surface area contributed by atoms with E-state index in [2.05, 4.69) is 32.1 Å². The van der Waals surface area contributed by atoms with Crippen molar-refractivity contribution in [2.24, 2.45) is 0 Å². The fourth-order valence-corrected chi connectivity index (χ4v) is 6.26. The maximum absolute atomic E-state index is 12.4. The van der Waals surface area contributed by atoms with E-state index >= 15 is 0 Å². The van der Waals surface area contributed by atoms with Crippen LogP contribution in [0.1, 0.15) is 12.0 Å². The van der Waals surface area contributed by atoms with Gasteiger partial charge in [-0.05, 0) is 43.1 Å². The Morgan fingerprint density at radius 3 is 2.65 bits per heavy atom. The molecule has 0 aliphatic carbocycles. The molecule has 2 aromatic heterocycles. The zero-order valence-corrected chi connectivity index (χ0v) is 22.6. The number of anilines is 1. The highest BCUT2D eigenvalue weighted by Crippen LogP contribution is 2.36. The summed E-state index contributed by atoms with van der Waals surface area (Å²) in [5.41, 5.74) is 1.12. The van der Waals surface area contributed by atoms with Crippen LogP contribution in [0.5, 0.6) is 0 Å². The average molecular weight is 577 g/mol. The number of sulfonamides is 1. The number of halogens is 4. The predicted molar refractivity (Wildman–Crippen MR) is 142 cm³/mol. The molecule has 8 nitrogen and oxygen atoms in total. The van der Waals surface area contributed by atoms with Crippen LogP contribution in [0.15, 0.2) is 30.5 Å². The van der Waals surface area contributed by atoms with Crippen LogP contribution in [-0.2, 0) is 16.6 Å². The number of likely N-dealkylation sites (N-methyl/N-ethyl adjacent to an activating group) is 1. The molecule has 0 unspecified atom stereocenters. The number of nitrogens with zero attached hydrogens (tertiary/aromatic N) is 4. The van der Waals surface area contributed by atoms with Gasteiger partial charge in [-0.15, -0.1) is 11.3 Å². The number of rotatable bonds is 10. The molecular formula is C23H28ClF3N6O2S2. The third kappa shape index (κ3) is 8.23. The van der Waals surface area contributed by atoms with Gasteiger partial charge in [0.15, 0.2) is 5.75 Å². The van der Waals surface area contributed by atoms with E-state index in [9.17, 15) is 21.6 Å². The van der Waals surface area contributed by atoms with Gasteiger partial charge >= 0.3 is 6.18 Å². The van der Waals surface area contributed by atoms with Crippen LogP contribution >= 0.6 is 22.9 Å². The van der Waals surface area contributed by atoms with Crippen molar-refractivity contribution in [2.45, 2.75) is 19.1 Å². The molecule has 0 amide bonds. The van der Waals surface area contributed by atoms with Crippen molar-refractivity contribution in [2.75, 3.05) is 57.4 Å². The molecule has 2 N–H and O–H groups in total. The number of thiophene rings is 1. The summed E-state index contributed by atoms with van der Waals surface area (Å²) < 4.78 is 63.5. The number of aromatic nitrogens is 2. The van der Waals surface area contributed by atoms with Gasteiger partial charge in [-0.25, -0.2) is 23.1 Å². The minimum atomic E-state index is -4.80. The number of hydrogen-bond donors (Lipinski definition) is 2. The highest BCUT2D eigenvalue weighted by Gasteiger charge is 2.34. The van der Waals surface area contributed by atoms with Gasteiger partial charge in [0.2, 0.25) is 16.0 Å². The summed E-state index contributed by atoms with van der Waals surface area (Å²) in [5, 5.41) is 4.55. The first-order valence-electron chi connectivity index (χ1n) is 11.7. The van der Waals surface area contributed by atoms with Crippen LogP contribution in [0, 0.1) is 0 Å². The standard InChI is InChI=1S/C23H28ClF3N6O2S2/c1-32-7-9-33(10-8-32)6-2-5-28-22-29-14-18(24)21(31-22)20-12-17-4-3-16(11-19(17)36-20)13-30-37(34,35)15-23(25,26)27/h3-4,11-12,14,30H,2,5-10,13,15H2,1H3,(H,28,29,31). The largest absolute Gasteiger partial charge is 0.404 e. The first-order chi connectivity index (χ1) is 17.5. The van der Waals surface area contributed by atoms with Crippen molar-refractivity contribution in [1.82, 2.24) is 24.5 Å². The van der Waals surface area contributed by atoms with Gasteiger partial charge in [0.1, 0.15) is 5.69 Å². The van der Waals surface area contributed by atoms with Crippen LogP contribution in [0.25, 0.3) is 20.7 Å². The molecule has 1 aliphatic heterocycles. The Morgan fingerprint density at radius 1 is 1.16 bits per heavy atom. The number of fused-ring (bicyclic) bond motifs is 1. The van der Waals surface area contributed by atoms with E-state index in [4.69, 9.17) is 11.6 Å². The third-order valence-electron chi connectivity index (χ3n) is 5.94. The Kier molecular flexibility index (Phi) is 8.92. The van der Waals surface area contributed by atoms with Crippen LogP contribution < -0.4 is 10.0 Å². The first-order valence-corrected chi connectivity index (χ1v) is 14.6. The number of alkyl halides is 3. The SMILES string of the molecule is CN1CCN(CCCNc2ncc(Cl)c(-c3cc4ccc(CNS(=O)(=O)CC(F)(F)F)cc4s3)n2)CC1. The Morgan fingerprint density at radius 2 is 1.92 bits per heavy atom. The van der Waals surface area contributed by atoms with Crippen molar-refractivity contribution in [1.29, 1.82) is 0 Å². The molecule has 37 heavy (non-hydrogen) atoms. The maximum atomic E-state index is 12.4. The lowest BCUT2D eigenvalue weighted by Gasteiger charge is -2.32. The maximum Gasteiger partial charge on any atom is 0.404 e. The Hall–Kier alpha value is -2.03. The molecule has 1 fully saturated rings. The summed E-state index contributed by atoms with van der Waals surface area (Å²) in [4.78, 5) is 14.5. The second kappa shape index (κ2) is 11.8. The van der Waals surface area contributed by atoms with Crippen LogP contribution in [0.3, 0.4) is 0 Å². The van der Waals surface area contributed by atoms with Crippen molar-refractivity contribution in [3.05, 3.63) is 41.0 Å². The van der Waals surface area contributed by atoms with Gasteiger partial charge in [-0.3, -0.25) is 0 Å². The van der Waals surface area contributed by atoms with E-state index < -0.39 is 22.0 Å². The zero-order chi connectivity index (χ0) is 26.6. The van der Waals surface area contributed by atoms with Crippen molar-refractivity contribution < 1.29 is 21.6 Å². The van der Waals surface area contributed by atoms with Gasteiger partial charge < -0.3 is 15.1 Å². The summed E-state index contributed by atoms with van der Waals surface area (Å²) in [6, 6.07) is 7.12. The number of hydrogen-bond acceptors (Lipinski definition) is 8. The second-order valence-corrected chi connectivity index (χ2v) is 12.3. The van der Waals surface area contributed by atoms with E-state index in [0.29, 0.717) is 22.2 Å². The molecule has 3 heterocycles. The van der Waals surface area contributed by atoms with E-state index in [0.717, 1.165) is 60.7 Å². The molecule has 202 valence electrons. The van der Waals surface area contributed by atoms with Crippen molar-refractivity contribution in [3.8, 4) is 10.6 Å². The molecule has 3 aromatic rings. The van der Waals surface area contributed by atoms with Crippen LogP contribution in [0.2, 0.25) is 5.02 Å². The Balaban J connectivity index is 1.38. The van der Waals surface area contributed by atoms with Crippen molar-refractivity contribution in [3.63, 3.8) is 0 Å².